The highest BCUT2D eigenvalue weighted by atomic mass is 16.6. The highest BCUT2D eigenvalue weighted by Crippen LogP contribution is 2.30. The molecule has 0 spiro atoms. The molecule has 2 rings (SSSR count). The summed E-state index contributed by atoms with van der Waals surface area (Å²) in [6.07, 6.45) is 0. The average Bonchev–Trinajstić information content (AvgIpc) is 2.50. The Balaban J connectivity index is 0.000000224. The molecule has 0 amide bonds. The third-order valence-corrected chi connectivity index (χ3v) is 2.78. The fraction of sp³-hybridized carbons (Fsp3) is 0.143. The van der Waals surface area contributed by atoms with E-state index in [1.165, 1.54) is 19.2 Å². The zero-order valence-electron chi connectivity index (χ0n) is 12.3. The first-order valence-electron chi connectivity index (χ1n) is 6.17. The van der Waals surface area contributed by atoms with Gasteiger partial charge in [-0.3, -0.25) is 10.1 Å². The molecule has 8 heteroatoms. The normalized spacial score (nSPS) is 9.36. The van der Waals surface area contributed by atoms with E-state index in [4.69, 9.17) is 26.7 Å². The number of para-hydroxylation sites is 2. The van der Waals surface area contributed by atoms with Crippen LogP contribution in [0.15, 0.2) is 36.4 Å². The van der Waals surface area contributed by atoms with Crippen molar-refractivity contribution in [1.82, 2.24) is 0 Å². The number of methoxy groups -OCH3 is 2. The van der Waals surface area contributed by atoms with Crippen molar-refractivity contribution in [3.63, 3.8) is 0 Å². The predicted molar refractivity (Wildman–Crippen MR) is 85.9 cm³/mol. The smallest absolute Gasteiger partial charge is 0.295 e. The number of ether oxygens (including phenoxy) is 2. The van der Waals surface area contributed by atoms with E-state index in [0.29, 0.717) is 22.9 Å². The average molecular weight is 306 g/mol. The quantitative estimate of drug-likeness (QED) is 0.447. The molecule has 0 aliphatic carbocycles. The molecule has 0 aliphatic heterocycles. The van der Waals surface area contributed by atoms with Crippen LogP contribution < -0.4 is 26.7 Å². The molecule has 0 heterocycles. The molecule has 22 heavy (non-hydrogen) atoms. The van der Waals surface area contributed by atoms with Gasteiger partial charge in [-0.15, -0.1) is 0 Å². The number of hydrogen-bond acceptors (Lipinski definition) is 7. The molecule has 2 aromatic carbocycles. The first-order valence-corrected chi connectivity index (χ1v) is 6.17. The van der Waals surface area contributed by atoms with Crippen LogP contribution >= 0.6 is 0 Å². The van der Waals surface area contributed by atoms with Crippen molar-refractivity contribution in [1.29, 1.82) is 0 Å². The molecule has 6 N–H and O–H groups in total. The van der Waals surface area contributed by atoms with Gasteiger partial charge in [-0.05, 0) is 18.2 Å². The molecule has 2 aromatic rings. The lowest BCUT2D eigenvalue weighted by Gasteiger charge is -2.04. The van der Waals surface area contributed by atoms with Crippen LogP contribution in [0.1, 0.15) is 0 Å². The number of nitrogens with two attached hydrogens (primary N) is 3. The van der Waals surface area contributed by atoms with Crippen LogP contribution in [-0.4, -0.2) is 19.1 Å². The molecule has 118 valence electrons. The minimum atomic E-state index is -0.544. The summed E-state index contributed by atoms with van der Waals surface area (Å²) in [5, 5.41) is 10.4. The summed E-state index contributed by atoms with van der Waals surface area (Å²) >= 11 is 0. The third-order valence-electron chi connectivity index (χ3n) is 2.78. The van der Waals surface area contributed by atoms with Gasteiger partial charge in [0, 0.05) is 6.07 Å². The third kappa shape index (κ3) is 3.92. The second-order valence-corrected chi connectivity index (χ2v) is 4.11. The van der Waals surface area contributed by atoms with E-state index in [0.717, 1.165) is 0 Å². The van der Waals surface area contributed by atoms with Gasteiger partial charge in [0.25, 0.3) is 5.69 Å². The molecular formula is C14H18N4O4. The number of nitro groups is 1. The Kier molecular flexibility index (Phi) is 5.82. The minimum absolute atomic E-state index is 0.0602. The number of hydrogen-bond donors (Lipinski definition) is 3. The van der Waals surface area contributed by atoms with Crippen molar-refractivity contribution in [3.05, 3.63) is 46.5 Å². The van der Waals surface area contributed by atoms with Gasteiger partial charge in [-0.1, -0.05) is 12.1 Å². The Morgan fingerprint density at radius 1 is 0.909 bits per heavy atom. The molecule has 0 atom stereocenters. The number of nitro benzene ring substituents is 1. The molecule has 0 saturated carbocycles. The van der Waals surface area contributed by atoms with Crippen LogP contribution in [0.4, 0.5) is 22.7 Å². The van der Waals surface area contributed by atoms with Crippen molar-refractivity contribution < 1.29 is 14.4 Å². The van der Waals surface area contributed by atoms with Gasteiger partial charge in [0.1, 0.15) is 11.5 Å². The molecule has 0 fully saturated rings. The predicted octanol–water partition coefficient (Wildman–Crippen LogP) is 2.05. The van der Waals surface area contributed by atoms with Crippen molar-refractivity contribution in [2.24, 2.45) is 0 Å². The maximum atomic E-state index is 10.4. The van der Waals surface area contributed by atoms with E-state index in [9.17, 15) is 10.1 Å². The molecule has 0 radical (unpaired) electrons. The molecule has 0 aromatic heterocycles. The van der Waals surface area contributed by atoms with Crippen molar-refractivity contribution in [2.45, 2.75) is 0 Å². The topological polar surface area (TPSA) is 140 Å². The van der Waals surface area contributed by atoms with Crippen molar-refractivity contribution >= 4 is 22.7 Å². The fourth-order valence-electron chi connectivity index (χ4n) is 1.61. The van der Waals surface area contributed by atoms with Crippen LogP contribution in [0, 0.1) is 10.1 Å². The van der Waals surface area contributed by atoms with Crippen LogP contribution in [0.3, 0.4) is 0 Å². The van der Waals surface area contributed by atoms with Crippen LogP contribution in [0.25, 0.3) is 0 Å². The van der Waals surface area contributed by atoms with Gasteiger partial charge in [-0.25, -0.2) is 0 Å². The van der Waals surface area contributed by atoms with E-state index in [2.05, 4.69) is 0 Å². The summed E-state index contributed by atoms with van der Waals surface area (Å²) in [6.45, 7) is 0. The molecule has 8 nitrogen and oxygen atoms in total. The number of benzene rings is 2. The number of anilines is 3. The van der Waals surface area contributed by atoms with Crippen molar-refractivity contribution in [2.75, 3.05) is 31.4 Å². The Labute approximate surface area is 127 Å². The van der Waals surface area contributed by atoms with E-state index < -0.39 is 4.92 Å². The molecule has 0 bridgehead atoms. The summed E-state index contributed by atoms with van der Waals surface area (Å²) in [4.78, 5) is 9.82. The first kappa shape index (κ1) is 16.9. The molecule has 0 saturated heterocycles. The Hall–Kier alpha value is -3.16. The van der Waals surface area contributed by atoms with Crippen LogP contribution in [0.2, 0.25) is 0 Å². The summed E-state index contributed by atoms with van der Waals surface area (Å²) in [6, 6.07) is 9.72. The van der Waals surface area contributed by atoms with Gasteiger partial charge in [0.15, 0.2) is 5.69 Å². The molecule has 0 aliphatic rings. The SMILES string of the molecule is COc1cccc(N)c1N.COc1cccc([N+](=O)[O-])c1N. The lowest BCUT2D eigenvalue weighted by atomic mass is 10.2. The number of nitrogen functional groups attached to an aromatic ring is 3. The van der Waals surface area contributed by atoms with Gasteiger partial charge >= 0.3 is 0 Å². The second kappa shape index (κ2) is 7.58. The number of rotatable bonds is 3. The van der Waals surface area contributed by atoms with Gasteiger partial charge in [0.2, 0.25) is 0 Å². The lowest BCUT2D eigenvalue weighted by Crippen LogP contribution is -1.98. The Morgan fingerprint density at radius 3 is 1.86 bits per heavy atom. The highest BCUT2D eigenvalue weighted by molar-refractivity contribution is 5.70. The second-order valence-electron chi connectivity index (χ2n) is 4.11. The summed E-state index contributed by atoms with van der Waals surface area (Å²) < 4.78 is 9.73. The van der Waals surface area contributed by atoms with Crippen molar-refractivity contribution in [3.8, 4) is 11.5 Å². The maximum absolute atomic E-state index is 10.4. The van der Waals surface area contributed by atoms with Crippen LogP contribution in [0.5, 0.6) is 11.5 Å². The zero-order chi connectivity index (χ0) is 16.7. The van der Waals surface area contributed by atoms with E-state index in [1.54, 1.807) is 31.4 Å². The Morgan fingerprint density at radius 2 is 1.41 bits per heavy atom. The molecular weight excluding hydrogens is 288 g/mol. The van der Waals surface area contributed by atoms with Gasteiger partial charge in [-0.2, -0.15) is 0 Å². The monoisotopic (exact) mass is 306 g/mol. The lowest BCUT2D eigenvalue weighted by molar-refractivity contribution is -0.383. The summed E-state index contributed by atoms with van der Waals surface area (Å²) in [5.41, 5.74) is 17.5. The fourth-order valence-corrected chi connectivity index (χ4v) is 1.61. The van der Waals surface area contributed by atoms with E-state index in [1.807, 2.05) is 0 Å². The Bertz CT molecular complexity index is 661. The van der Waals surface area contributed by atoms with E-state index in [-0.39, 0.29) is 11.4 Å². The number of nitrogens with zero attached hydrogens (tertiary/aromatic N) is 1. The summed E-state index contributed by atoms with van der Waals surface area (Å²) in [5.74, 6) is 0.948. The largest absolute Gasteiger partial charge is 0.495 e. The summed E-state index contributed by atoms with van der Waals surface area (Å²) in [7, 11) is 2.97. The van der Waals surface area contributed by atoms with Gasteiger partial charge < -0.3 is 26.7 Å². The van der Waals surface area contributed by atoms with Gasteiger partial charge in [0.05, 0.1) is 30.5 Å². The standard InChI is InChI=1S/C7H8N2O3.C7H10N2O/c1-12-6-4-2-3-5(7(6)8)9(10)11;1-10-6-4-2-3-5(8)7(6)9/h2-4H,8H2,1H3;2-4H,8-9H2,1H3. The first-order chi connectivity index (χ1) is 10.4. The minimum Gasteiger partial charge on any atom is -0.495 e. The maximum Gasteiger partial charge on any atom is 0.295 e. The highest BCUT2D eigenvalue weighted by Gasteiger charge is 2.13. The van der Waals surface area contributed by atoms with E-state index >= 15 is 0 Å². The van der Waals surface area contributed by atoms with Crippen LogP contribution in [-0.2, 0) is 0 Å². The molecule has 0 unspecified atom stereocenters. The zero-order valence-corrected chi connectivity index (χ0v) is 12.3.